The number of carbonyl (C=O) groups excluding carboxylic acids is 2. The van der Waals surface area contributed by atoms with Gasteiger partial charge in [0.05, 0.1) is 12.6 Å². The molecule has 0 saturated carbocycles. The van der Waals surface area contributed by atoms with Gasteiger partial charge in [-0.25, -0.2) is 0 Å². The lowest BCUT2D eigenvalue weighted by Crippen LogP contribution is -2.46. The first kappa shape index (κ1) is 13.5. The van der Waals surface area contributed by atoms with E-state index in [9.17, 15) is 9.59 Å². The fraction of sp³-hybridized carbons (Fsp3) is 0.667. The standard InChI is InChI=1S/C12H19N3O2/c1-3-6-10(13)12(17)14(2)9-11(16)15-7-4-5-8-15/h1,10H,4-9,13H2,2H3. The predicted octanol–water partition coefficient (Wildman–Crippen LogP) is -0.582. The van der Waals surface area contributed by atoms with Gasteiger partial charge in [-0.3, -0.25) is 9.59 Å². The van der Waals surface area contributed by atoms with Gasteiger partial charge in [-0.05, 0) is 12.8 Å². The lowest BCUT2D eigenvalue weighted by Gasteiger charge is -2.23. The average Bonchev–Trinajstić information content (AvgIpc) is 2.81. The molecule has 17 heavy (non-hydrogen) atoms. The Morgan fingerprint density at radius 2 is 2.06 bits per heavy atom. The Hall–Kier alpha value is -1.54. The second kappa shape index (κ2) is 6.26. The molecule has 2 N–H and O–H groups in total. The van der Waals surface area contributed by atoms with Crippen molar-refractivity contribution < 1.29 is 9.59 Å². The quantitative estimate of drug-likeness (QED) is 0.665. The molecular weight excluding hydrogens is 218 g/mol. The van der Waals surface area contributed by atoms with Crippen LogP contribution in [0.2, 0.25) is 0 Å². The van der Waals surface area contributed by atoms with Gasteiger partial charge < -0.3 is 15.5 Å². The molecular formula is C12H19N3O2. The van der Waals surface area contributed by atoms with Gasteiger partial charge >= 0.3 is 0 Å². The molecule has 1 aliphatic heterocycles. The van der Waals surface area contributed by atoms with Gasteiger partial charge in [-0.15, -0.1) is 12.3 Å². The molecule has 0 aromatic carbocycles. The Labute approximate surface area is 102 Å². The smallest absolute Gasteiger partial charge is 0.242 e. The molecule has 1 heterocycles. The first-order chi connectivity index (χ1) is 8.06. The highest BCUT2D eigenvalue weighted by Crippen LogP contribution is 2.08. The van der Waals surface area contributed by atoms with Crippen LogP contribution in [0.25, 0.3) is 0 Å². The molecule has 5 nitrogen and oxygen atoms in total. The Kier molecular flexibility index (Phi) is 4.98. The zero-order chi connectivity index (χ0) is 12.8. The molecule has 0 aliphatic carbocycles. The van der Waals surface area contributed by atoms with Gasteiger partial charge in [0.25, 0.3) is 0 Å². The maximum Gasteiger partial charge on any atom is 0.242 e. The number of hydrogen-bond donors (Lipinski definition) is 1. The molecule has 0 aromatic rings. The van der Waals surface area contributed by atoms with Crippen LogP contribution >= 0.6 is 0 Å². The lowest BCUT2D eigenvalue weighted by molar-refractivity contribution is -0.139. The fourth-order valence-corrected chi connectivity index (χ4v) is 1.84. The summed E-state index contributed by atoms with van der Waals surface area (Å²) in [5.74, 6) is 2.04. The van der Waals surface area contributed by atoms with Crippen LogP contribution < -0.4 is 5.73 Å². The zero-order valence-electron chi connectivity index (χ0n) is 10.2. The minimum Gasteiger partial charge on any atom is -0.341 e. The summed E-state index contributed by atoms with van der Waals surface area (Å²) in [5.41, 5.74) is 5.60. The van der Waals surface area contributed by atoms with Crippen LogP contribution in [0.4, 0.5) is 0 Å². The number of nitrogens with two attached hydrogens (primary N) is 1. The summed E-state index contributed by atoms with van der Waals surface area (Å²) in [7, 11) is 1.58. The number of nitrogens with zero attached hydrogens (tertiary/aromatic N) is 2. The van der Waals surface area contributed by atoms with Crippen molar-refractivity contribution in [3.8, 4) is 12.3 Å². The third-order valence-corrected chi connectivity index (χ3v) is 2.86. The molecule has 1 atom stereocenters. The fourth-order valence-electron chi connectivity index (χ4n) is 1.84. The van der Waals surface area contributed by atoms with E-state index in [1.807, 2.05) is 0 Å². The van der Waals surface area contributed by atoms with Crippen molar-refractivity contribution in [2.45, 2.75) is 25.3 Å². The first-order valence-electron chi connectivity index (χ1n) is 5.78. The summed E-state index contributed by atoms with van der Waals surface area (Å²) in [5, 5.41) is 0. The SMILES string of the molecule is C#CCC(N)C(=O)N(C)CC(=O)N1CCCC1. The van der Waals surface area contributed by atoms with Crippen molar-refractivity contribution in [1.82, 2.24) is 9.80 Å². The highest BCUT2D eigenvalue weighted by Gasteiger charge is 2.23. The number of terminal acetylenes is 1. The number of hydrogen-bond acceptors (Lipinski definition) is 3. The molecule has 1 saturated heterocycles. The number of carbonyl (C=O) groups is 2. The summed E-state index contributed by atoms with van der Waals surface area (Å²) in [6, 6.07) is -0.712. The molecule has 0 bridgehead atoms. The Bertz CT molecular complexity index is 329. The van der Waals surface area contributed by atoms with Crippen molar-refractivity contribution in [2.24, 2.45) is 5.73 Å². The third-order valence-electron chi connectivity index (χ3n) is 2.86. The number of likely N-dealkylation sites (N-methyl/N-ethyl adjacent to an activating group) is 1. The minimum absolute atomic E-state index is 0.0220. The maximum atomic E-state index is 11.8. The van der Waals surface area contributed by atoms with E-state index in [1.54, 1.807) is 11.9 Å². The van der Waals surface area contributed by atoms with Crippen molar-refractivity contribution in [2.75, 3.05) is 26.7 Å². The van der Waals surface area contributed by atoms with E-state index in [-0.39, 0.29) is 24.8 Å². The molecule has 0 spiro atoms. The summed E-state index contributed by atoms with van der Waals surface area (Å²) >= 11 is 0. The van der Waals surface area contributed by atoms with Crippen LogP contribution in [0.3, 0.4) is 0 Å². The van der Waals surface area contributed by atoms with Crippen molar-refractivity contribution >= 4 is 11.8 Å². The summed E-state index contributed by atoms with van der Waals surface area (Å²) < 4.78 is 0. The van der Waals surface area contributed by atoms with Gasteiger partial charge in [-0.1, -0.05) is 0 Å². The molecule has 1 unspecified atom stereocenters. The van der Waals surface area contributed by atoms with Gasteiger partial charge in [-0.2, -0.15) is 0 Å². The van der Waals surface area contributed by atoms with Gasteiger partial charge in [0.2, 0.25) is 11.8 Å². The van der Waals surface area contributed by atoms with E-state index in [0.29, 0.717) is 0 Å². The van der Waals surface area contributed by atoms with E-state index >= 15 is 0 Å². The monoisotopic (exact) mass is 237 g/mol. The number of likely N-dealkylation sites (tertiary alicyclic amines) is 1. The van der Waals surface area contributed by atoms with Crippen molar-refractivity contribution in [3.05, 3.63) is 0 Å². The van der Waals surface area contributed by atoms with E-state index in [4.69, 9.17) is 12.2 Å². The number of rotatable bonds is 4. The highest BCUT2D eigenvalue weighted by molar-refractivity contribution is 5.87. The van der Waals surface area contributed by atoms with Crippen LogP contribution in [0.5, 0.6) is 0 Å². The average molecular weight is 237 g/mol. The second-order valence-corrected chi connectivity index (χ2v) is 4.30. The minimum atomic E-state index is -0.712. The lowest BCUT2D eigenvalue weighted by atomic mass is 10.2. The van der Waals surface area contributed by atoms with Crippen molar-refractivity contribution in [1.29, 1.82) is 0 Å². The molecule has 94 valence electrons. The Morgan fingerprint density at radius 3 is 2.59 bits per heavy atom. The highest BCUT2D eigenvalue weighted by atomic mass is 16.2. The predicted molar refractivity (Wildman–Crippen MR) is 64.9 cm³/mol. The largest absolute Gasteiger partial charge is 0.341 e. The summed E-state index contributed by atoms with van der Waals surface area (Å²) in [4.78, 5) is 26.6. The molecule has 1 aliphatic rings. The Morgan fingerprint density at radius 1 is 1.47 bits per heavy atom. The van der Waals surface area contributed by atoms with Crippen LogP contribution in [-0.4, -0.2) is 54.3 Å². The summed E-state index contributed by atoms with van der Waals surface area (Å²) in [6.45, 7) is 1.66. The van der Waals surface area contributed by atoms with E-state index in [2.05, 4.69) is 5.92 Å². The van der Waals surface area contributed by atoms with Crippen molar-refractivity contribution in [3.63, 3.8) is 0 Å². The van der Waals surface area contributed by atoms with E-state index in [0.717, 1.165) is 25.9 Å². The first-order valence-corrected chi connectivity index (χ1v) is 5.78. The molecule has 1 rings (SSSR count). The zero-order valence-corrected chi connectivity index (χ0v) is 10.2. The maximum absolute atomic E-state index is 11.8. The molecule has 2 amide bonds. The van der Waals surface area contributed by atoms with Crippen LogP contribution in [0, 0.1) is 12.3 Å². The second-order valence-electron chi connectivity index (χ2n) is 4.30. The van der Waals surface area contributed by atoms with Crippen LogP contribution in [0.1, 0.15) is 19.3 Å². The molecule has 1 fully saturated rings. The molecule has 0 radical (unpaired) electrons. The molecule has 0 aromatic heterocycles. The summed E-state index contributed by atoms with van der Waals surface area (Å²) in [6.07, 6.45) is 7.37. The van der Waals surface area contributed by atoms with E-state index < -0.39 is 6.04 Å². The third kappa shape index (κ3) is 3.75. The van der Waals surface area contributed by atoms with Gasteiger partial charge in [0, 0.05) is 26.6 Å². The molecule has 5 heteroatoms. The van der Waals surface area contributed by atoms with Crippen LogP contribution in [-0.2, 0) is 9.59 Å². The van der Waals surface area contributed by atoms with E-state index in [1.165, 1.54) is 4.90 Å². The number of amides is 2. The topological polar surface area (TPSA) is 66.6 Å². The van der Waals surface area contributed by atoms with Crippen LogP contribution in [0.15, 0.2) is 0 Å². The van der Waals surface area contributed by atoms with Gasteiger partial charge in [0.1, 0.15) is 0 Å². The normalized spacial score (nSPS) is 16.4. The van der Waals surface area contributed by atoms with Gasteiger partial charge in [0.15, 0.2) is 0 Å². The Balaban J connectivity index is 2.42.